The summed E-state index contributed by atoms with van der Waals surface area (Å²) in [6, 6.07) is 0. The zero-order chi connectivity index (χ0) is 9.03. The molecule has 0 saturated heterocycles. The van der Waals surface area contributed by atoms with Crippen molar-refractivity contribution in [2.75, 3.05) is 7.11 Å². The van der Waals surface area contributed by atoms with Crippen molar-refractivity contribution in [2.24, 2.45) is 0 Å². The van der Waals surface area contributed by atoms with Crippen molar-refractivity contribution in [1.82, 2.24) is 0 Å². The van der Waals surface area contributed by atoms with Gasteiger partial charge in [0.05, 0.1) is 0 Å². The third-order valence-corrected chi connectivity index (χ3v) is 5.20. The van der Waals surface area contributed by atoms with Crippen LogP contribution in [0.1, 0.15) is 45.4 Å². The molecule has 1 aliphatic carbocycles. The zero-order valence-electron chi connectivity index (χ0n) is 8.06. The van der Waals surface area contributed by atoms with Gasteiger partial charge < -0.3 is 4.52 Å². The van der Waals surface area contributed by atoms with E-state index in [1.165, 1.54) is 19.3 Å². The van der Waals surface area contributed by atoms with E-state index in [0.29, 0.717) is 0 Å². The molecule has 1 rings (SSSR count). The molecular weight excluding hydrogens is 171 g/mol. The monoisotopic (exact) mass is 190 g/mol. The summed E-state index contributed by atoms with van der Waals surface area (Å²) in [5.74, 6) is 0. The fraction of sp³-hybridized carbons (Fsp3) is 1.00. The quantitative estimate of drug-likeness (QED) is 0.639. The first-order chi connectivity index (χ1) is 5.75. The van der Waals surface area contributed by atoms with Crippen LogP contribution < -0.4 is 0 Å². The standard InChI is InChI=1S/C9H19O2P/c1-3-9(12(10)11-2)7-5-4-6-8-9/h12H,3-8H2,1-2H3. The Morgan fingerprint density at radius 3 is 2.33 bits per heavy atom. The van der Waals surface area contributed by atoms with Crippen LogP contribution in [0.15, 0.2) is 0 Å². The summed E-state index contributed by atoms with van der Waals surface area (Å²) >= 11 is 0. The van der Waals surface area contributed by atoms with E-state index >= 15 is 0 Å². The first kappa shape index (κ1) is 10.3. The maximum atomic E-state index is 11.7. The Morgan fingerprint density at radius 1 is 1.33 bits per heavy atom. The lowest BCUT2D eigenvalue weighted by atomic mass is 9.86. The summed E-state index contributed by atoms with van der Waals surface area (Å²) in [6.07, 6.45) is 6.99. The van der Waals surface area contributed by atoms with Crippen molar-refractivity contribution in [1.29, 1.82) is 0 Å². The van der Waals surface area contributed by atoms with Crippen molar-refractivity contribution in [3.8, 4) is 0 Å². The Hall–Kier alpha value is 0.190. The third-order valence-electron chi connectivity index (χ3n) is 3.11. The summed E-state index contributed by atoms with van der Waals surface area (Å²) in [7, 11) is -0.213. The molecule has 0 bridgehead atoms. The molecule has 12 heavy (non-hydrogen) atoms. The molecule has 72 valence electrons. The Bertz CT molecular complexity index is 162. The van der Waals surface area contributed by atoms with Crippen LogP contribution in [0.4, 0.5) is 0 Å². The second-order valence-corrected chi connectivity index (χ2v) is 5.73. The largest absolute Gasteiger partial charge is 0.333 e. The van der Waals surface area contributed by atoms with E-state index in [1.54, 1.807) is 7.11 Å². The van der Waals surface area contributed by atoms with Gasteiger partial charge in [0.2, 0.25) is 0 Å². The minimum Gasteiger partial charge on any atom is -0.333 e. The molecule has 0 spiro atoms. The molecule has 1 saturated carbocycles. The predicted molar refractivity (Wildman–Crippen MR) is 52.1 cm³/mol. The maximum absolute atomic E-state index is 11.7. The van der Waals surface area contributed by atoms with Gasteiger partial charge in [-0.2, -0.15) is 0 Å². The normalized spacial score (nSPS) is 25.2. The second kappa shape index (κ2) is 4.43. The van der Waals surface area contributed by atoms with E-state index in [4.69, 9.17) is 4.52 Å². The van der Waals surface area contributed by atoms with E-state index in [1.807, 2.05) is 0 Å². The van der Waals surface area contributed by atoms with Gasteiger partial charge in [0, 0.05) is 12.3 Å². The molecule has 0 aliphatic heterocycles. The van der Waals surface area contributed by atoms with E-state index in [-0.39, 0.29) is 5.16 Å². The van der Waals surface area contributed by atoms with E-state index in [2.05, 4.69) is 6.92 Å². The molecule has 0 aromatic heterocycles. The molecule has 0 aromatic carbocycles. The lowest BCUT2D eigenvalue weighted by Crippen LogP contribution is -2.26. The van der Waals surface area contributed by atoms with Crippen LogP contribution in [0.3, 0.4) is 0 Å². The molecule has 1 fully saturated rings. The highest BCUT2D eigenvalue weighted by atomic mass is 31.1. The van der Waals surface area contributed by atoms with Gasteiger partial charge in [-0.3, -0.25) is 4.57 Å². The van der Waals surface area contributed by atoms with Crippen LogP contribution in [0.5, 0.6) is 0 Å². The van der Waals surface area contributed by atoms with Crippen molar-refractivity contribution in [3.63, 3.8) is 0 Å². The van der Waals surface area contributed by atoms with Crippen LogP contribution >= 0.6 is 8.03 Å². The Morgan fingerprint density at radius 2 is 1.92 bits per heavy atom. The van der Waals surface area contributed by atoms with Gasteiger partial charge in [-0.15, -0.1) is 0 Å². The molecule has 0 N–H and O–H groups in total. The molecule has 0 heterocycles. The molecule has 2 nitrogen and oxygen atoms in total. The molecule has 0 aromatic rings. The number of rotatable bonds is 3. The SMILES string of the molecule is CCC1([PH](=O)OC)CCCCC1. The average Bonchev–Trinajstić information content (AvgIpc) is 2.17. The molecule has 3 heteroatoms. The maximum Gasteiger partial charge on any atom is 0.197 e. The van der Waals surface area contributed by atoms with Gasteiger partial charge in [0.1, 0.15) is 0 Å². The van der Waals surface area contributed by atoms with Gasteiger partial charge in [0.15, 0.2) is 8.03 Å². The highest BCUT2D eigenvalue weighted by Gasteiger charge is 2.36. The van der Waals surface area contributed by atoms with Crippen molar-refractivity contribution in [3.05, 3.63) is 0 Å². The molecule has 0 radical (unpaired) electrons. The van der Waals surface area contributed by atoms with E-state index in [0.717, 1.165) is 19.3 Å². The molecule has 0 amide bonds. The van der Waals surface area contributed by atoms with Crippen molar-refractivity contribution >= 4 is 8.03 Å². The number of hydrogen-bond donors (Lipinski definition) is 0. The summed E-state index contributed by atoms with van der Waals surface area (Å²) in [6.45, 7) is 2.13. The van der Waals surface area contributed by atoms with Gasteiger partial charge in [0.25, 0.3) is 0 Å². The second-order valence-electron chi connectivity index (χ2n) is 3.69. The minimum absolute atomic E-state index is 0.0532. The van der Waals surface area contributed by atoms with Gasteiger partial charge in [-0.1, -0.05) is 26.2 Å². The molecule has 1 atom stereocenters. The third kappa shape index (κ3) is 1.92. The Balaban J connectivity index is 2.66. The van der Waals surface area contributed by atoms with Crippen LogP contribution in [0.2, 0.25) is 0 Å². The zero-order valence-corrected chi connectivity index (χ0v) is 9.06. The Labute approximate surface area is 75.6 Å². The minimum atomic E-state index is -1.79. The smallest absolute Gasteiger partial charge is 0.197 e. The topological polar surface area (TPSA) is 26.3 Å². The molecule has 1 unspecified atom stereocenters. The lowest BCUT2D eigenvalue weighted by molar-refractivity contribution is 0.318. The molecular formula is C9H19O2P. The summed E-state index contributed by atoms with van der Waals surface area (Å²) < 4.78 is 16.7. The van der Waals surface area contributed by atoms with E-state index < -0.39 is 8.03 Å². The van der Waals surface area contributed by atoms with Crippen molar-refractivity contribution < 1.29 is 9.09 Å². The van der Waals surface area contributed by atoms with Crippen LogP contribution in [-0.2, 0) is 9.09 Å². The highest BCUT2D eigenvalue weighted by Crippen LogP contribution is 2.51. The van der Waals surface area contributed by atoms with Gasteiger partial charge >= 0.3 is 0 Å². The highest BCUT2D eigenvalue weighted by molar-refractivity contribution is 7.41. The molecule has 1 aliphatic rings. The van der Waals surface area contributed by atoms with Crippen LogP contribution in [0.25, 0.3) is 0 Å². The van der Waals surface area contributed by atoms with Gasteiger partial charge in [-0.05, 0) is 19.3 Å². The van der Waals surface area contributed by atoms with Gasteiger partial charge in [-0.25, -0.2) is 0 Å². The average molecular weight is 190 g/mol. The summed E-state index contributed by atoms with van der Waals surface area (Å²) in [5.41, 5.74) is 0. The summed E-state index contributed by atoms with van der Waals surface area (Å²) in [5, 5.41) is 0.0532. The Kier molecular flexibility index (Phi) is 3.79. The van der Waals surface area contributed by atoms with Crippen LogP contribution in [0, 0.1) is 0 Å². The summed E-state index contributed by atoms with van der Waals surface area (Å²) in [4.78, 5) is 0. The first-order valence-corrected chi connectivity index (χ1v) is 6.15. The fourth-order valence-electron chi connectivity index (χ4n) is 2.15. The van der Waals surface area contributed by atoms with Crippen molar-refractivity contribution in [2.45, 2.75) is 50.6 Å². The lowest BCUT2D eigenvalue weighted by Gasteiger charge is -2.34. The number of hydrogen-bond acceptors (Lipinski definition) is 2. The first-order valence-electron chi connectivity index (χ1n) is 4.83. The predicted octanol–water partition coefficient (Wildman–Crippen LogP) is 3.22. The fourth-order valence-corrected chi connectivity index (χ4v) is 3.63. The van der Waals surface area contributed by atoms with E-state index in [9.17, 15) is 4.57 Å². The van der Waals surface area contributed by atoms with Crippen LogP contribution in [-0.4, -0.2) is 12.3 Å².